The van der Waals surface area contributed by atoms with Gasteiger partial charge in [-0.15, -0.1) is 0 Å². The van der Waals surface area contributed by atoms with Crippen molar-refractivity contribution < 1.29 is 4.74 Å². The third-order valence-corrected chi connectivity index (χ3v) is 3.46. The fourth-order valence-corrected chi connectivity index (χ4v) is 2.45. The van der Waals surface area contributed by atoms with Crippen molar-refractivity contribution in [1.29, 1.82) is 0 Å². The molecule has 21 heavy (non-hydrogen) atoms. The molecule has 4 heteroatoms. The number of hydrogen-bond donors (Lipinski definition) is 1. The minimum atomic E-state index is 0.660. The number of aryl methyl sites for hydroxylation is 1. The first-order chi connectivity index (χ1) is 10.3. The molecule has 0 saturated carbocycles. The summed E-state index contributed by atoms with van der Waals surface area (Å²) in [5, 5.41) is 3.45. The quantitative estimate of drug-likeness (QED) is 0.775. The molecule has 0 radical (unpaired) electrons. The molecule has 4 nitrogen and oxygen atoms in total. The van der Waals surface area contributed by atoms with Gasteiger partial charge >= 0.3 is 0 Å². The summed E-state index contributed by atoms with van der Waals surface area (Å²) in [4.78, 5) is 4.58. The van der Waals surface area contributed by atoms with Gasteiger partial charge in [0.25, 0.3) is 0 Å². The van der Waals surface area contributed by atoms with Crippen LogP contribution in [0.15, 0.2) is 48.7 Å². The van der Waals surface area contributed by atoms with Gasteiger partial charge in [0, 0.05) is 6.20 Å². The lowest BCUT2D eigenvalue weighted by Gasteiger charge is -2.12. The van der Waals surface area contributed by atoms with Crippen LogP contribution in [0.25, 0.3) is 5.65 Å². The Balaban J connectivity index is 1.85. The molecular formula is C17H19N3O. The van der Waals surface area contributed by atoms with E-state index in [-0.39, 0.29) is 0 Å². The number of rotatable bonds is 5. The van der Waals surface area contributed by atoms with Crippen molar-refractivity contribution in [3.63, 3.8) is 0 Å². The van der Waals surface area contributed by atoms with Crippen molar-refractivity contribution in [2.75, 3.05) is 11.9 Å². The molecule has 1 N–H and O–H groups in total. The van der Waals surface area contributed by atoms with Crippen molar-refractivity contribution in [1.82, 2.24) is 9.38 Å². The average molecular weight is 281 g/mol. The molecule has 0 fully saturated rings. The number of anilines is 1. The monoisotopic (exact) mass is 281 g/mol. The van der Waals surface area contributed by atoms with E-state index in [4.69, 9.17) is 4.74 Å². The van der Waals surface area contributed by atoms with Crippen LogP contribution < -0.4 is 10.1 Å². The fraction of sp³-hybridized carbons (Fsp3) is 0.235. The maximum Gasteiger partial charge on any atom is 0.142 e. The fourth-order valence-electron chi connectivity index (χ4n) is 2.45. The van der Waals surface area contributed by atoms with Crippen molar-refractivity contribution in [2.24, 2.45) is 0 Å². The van der Waals surface area contributed by atoms with Crippen molar-refractivity contribution in [3.05, 3.63) is 60.0 Å². The number of fused-ring (bicyclic) bond motifs is 1. The maximum absolute atomic E-state index is 5.64. The van der Waals surface area contributed by atoms with Crippen molar-refractivity contribution >= 4 is 11.3 Å². The second kappa shape index (κ2) is 5.87. The summed E-state index contributed by atoms with van der Waals surface area (Å²) >= 11 is 0. The number of pyridine rings is 1. The van der Waals surface area contributed by atoms with E-state index in [0.717, 1.165) is 28.5 Å². The Hall–Kier alpha value is -2.49. The lowest BCUT2D eigenvalue weighted by atomic mass is 10.2. The van der Waals surface area contributed by atoms with Gasteiger partial charge in [-0.25, -0.2) is 4.98 Å². The van der Waals surface area contributed by atoms with Gasteiger partial charge in [0.15, 0.2) is 0 Å². The van der Waals surface area contributed by atoms with Gasteiger partial charge in [-0.2, -0.15) is 0 Å². The number of nitrogens with one attached hydrogen (secondary N) is 1. The third kappa shape index (κ3) is 2.70. The minimum Gasteiger partial charge on any atom is -0.492 e. The predicted molar refractivity (Wildman–Crippen MR) is 84.9 cm³/mol. The first-order valence-corrected chi connectivity index (χ1v) is 7.18. The van der Waals surface area contributed by atoms with Crippen LogP contribution in [0.4, 0.5) is 5.69 Å². The number of benzene rings is 1. The number of hydrogen-bond acceptors (Lipinski definition) is 3. The Morgan fingerprint density at radius 1 is 1.14 bits per heavy atom. The smallest absolute Gasteiger partial charge is 0.142 e. The summed E-state index contributed by atoms with van der Waals surface area (Å²) in [7, 11) is 0. The largest absolute Gasteiger partial charge is 0.492 e. The second-order valence-corrected chi connectivity index (χ2v) is 4.86. The zero-order chi connectivity index (χ0) is 14.7. The highest BCUT2D eigenvalue weighted by atomic mass is 16.5. The molecule has 108 valence electrons. The molecule has 0 spiro atoms. The number of aromatic nitrogens is 2. The molecule has 2 aromatic heterocycles. The van der Waals surface area contributed by atoms with E-state index in [1.807, 2.05) is 62.5 Å². The first kappa shape index (κ1) is 13.5. The highest BCUT2D eigenvalue weighted by Crippen LogP contribution is 2.24. The molecule has 3 aromatic rings. The Morgan fingerprint density at radius 3 is 2.81 bits per heavy atom. The first-order valence-electron chi connectivity index (χ1n) is 7.18. The van der Waals surface area contributed by atoms with Gasteiger partial charge in [0.2, 0.25) is 0 Å². The SMILES string of the molecule is CCOc1ccccc1NCc1c(C)nc2ccccn12. The molecule has 0 atom stereocenters. The average Bonchev–Trinajstić information content (AvgIpc) is 2.82. The van der Waals surface area contributed by atoms with Crippen LogP contribution in [0.1, 0.15) is 18.3 Å². The number of ether oxygens (including phenoxy) is 1. The van der Waals surface area contributed by atoms with E-state index in [1.54, 1.807) is 0 Å². The molecule has 0 aliphatic carbocycles. The summed E-state index contributed by atoms with van der Waals surface area (Å²) < 4.78 is 7.76. The summed E-state index contributed by atoms with van der Waals surface area (Å²) in [6, 6.07) is 14.0. The Kier molecular flexibility index (Phi) is 3.77. The summed E-state index contributed by atoms with van der Waals surface area (Å²) in [6.07, 6.45) is 2.04. The highest BCUT2D eigenvalue weighted by molar-refractivity contribution is 5.56. The lowest BCUT2D eigenvalue weighted by Crippen LogP contribution is -2.05. The minimum absolute atomic E-state index is 0.660. The van der Waals surface area contributed by atoms with Gasteiger partial charge in [-0.1, -0.05) is 18.2 Å². The van der Waals surface area contributed by atoms with Crippen molar-refractivity contribution in [3.8, 4) is 5.75 Å². The molecule has 2 heterocycles. The van der Waals surface area contributed by atoms with Gasteiger partial charge in [-0.3, -0.25) is 0 Å². The van der Waals surface area contributed by atoms with Gasteiger partial charge in [-0.05, 0) is 38.1 Å². The Labute approximate surface area is 124 Å². The molecule has 0 unspecified atom stereocenters. The molecule has 0 amide bonds. The normalized spacial score (nSPS) is 10.8. The van der Waals surface area contributed by atoms with E-state index in [9.17, 15) is 0 Å². The number of nitrogens with zero attached hydrogens (tertiary/aromatic N) is 2. The Morgan fingerprint density at radius 2 is 1.95 bits per heavy atom. The molecule has 1 aromatic carbocycles. The predicted octanol–water partition coefficient (Wildman–Crippen LogP) is 3.65. The zero-order valence-electron chi connectivity index (χ0n) is 12.3. The van der Waals surface area contributed by atoms with E-state index in [0.29, 0.717) is 13.2 Å². The lowest BCUT2D eigenvalue weighted by molar-refractivity contribution is 0.341. The van der Waals surface area contributed by atoms with E-state index < -0.39 is 0 Å². The third-order valence-electron chi connectivity index (χ3n) is 3.46. The second-order valence-electron chi connectivity index (χ2n) is 4.86. The molecular weight excluding hydrogens is 262 g/mol. The molecule has 0 saturated heterocycles. The van der Waals surface area contributed by atoms with Crippen LogP contribution in [0, 0.1) is 6.92 Å². The van der Waals surface area contributed by atoms with Gasteiger partial charge < -0.3 is 14.5 Å². The van der Waals surface area contributed by atoms with Crippen molar-refractivity contribution in [2.45, 2.75) is 20.4 Å². The topological polar surface area (TPSA) is 38.6 Å². The molecule has 0 bridgehead atoms. The Bertz CT molecular complexity index is 749. The van der Waals surface area contributed by atoms with Gasteiger partial charge in [0.1, 0.15) is 11.4 Å². The number of para-hydroxylation sites is 2. The standard InChI is InChI=1S/C17H19N3O/c1-3-21-16-9-5-4-8-14(16)18-12-15-13(2)19-17-10-6-7-11-20(15)17/h4-11,18H,3,12H2,1-2H3. The zero-order valence-corrected chi connectivity index (χ0v) is 12.3. The molecule has 3 rings (SSSR count). The number of imidazole rings is 1. The van der Waals surface area contributed by atoms with E-state index >= 15 is 0 Å². The molecule has 0 aliphatic heterocycles. The summed E-state index contributed by atoms with van der Waals surface area (Å²) in [5.74, 6) is 0.881. The molecule has 0 aliphatic rings. The van der Waals surface area contributed by atoms with Crippen LogP contribution >= 0.6 is 0 Å². The van der Waals surface area contributed by atoms with Crippen LogP contribution in [0.3, 0.4) is 0 Å². The van der Waals surface area contributed by atoms with E-state index in [1.165, 1.54) is 0 Å². The van der Waals surface area contributed by atoms with Gasteiger partial charge in [0.05, 0.1) is 30.2 Å². The summed E-state index contributed by atoms with van der Waals surface area (Å²) in [5.41, 5.74) is 4.19. The van der Waals surface area contributed by atoms with Crippen LogP contribution in [-0.4, -0.2) is 16.0 Å². The highest BCUT2D eigenvalue weighted by Gasteiger charge is 2.09. The summed E-state index contributed by atoms with van der Waals surface area (Å²) in [6.45, 7) is 5.40. The van der Waals surface area contributed by atoms with Crippen LogP contribution in [-0.2, 0) is 6.54 Å². The maximum atomic E-state index is 5.64. The van der Waals surface area contributed by atoms with Crippen LogP contribution in [0.5, 0.6) is 5.75 Å². The van der Waals surface area contributed by atoms with Crippen LogP contribution in [0.2, 0.25) is 0 Å². The van der Waals surface area contributed by atoms with E-state index in [2.05, 4.69) is 14.7 Å².